The van der Waals surface area contributed by atoms with Gasteiger partial charge in [-0.3, -0.25) is 4.90 Å². The first kappa shape index (κ1) is 10.3. The molecule has 16 heavy (non-hydrogen) atoms. The summed E-state index contributed by atoms with van der Waals surface area (Å²) in [6, 6.07) is 11.8. The van der Waals surface area contributed by atoms with Crippen molar-refractivity contribution in [2.24, 2.45) is 11.1 Å². The second-order valence-electron chi connectivity index (χ2n) is 5.48. The molecule has 1 aromatic rings. The lowest BCUT2D eigenvalue weighted by atomic mass is 10.1. The molecule has 2 N–H and O–H groups in total. The van der Waals surface area contributed by atoms with Crippen LogP contribution in [0.4, 0.5) is 0 Å². The Morgan fingerprint density at radius 1 is 1.38 bits per heavy atom. The second-order valence-corrected chi connectivity index (χ2v) is 5.48. The van der Waals surface area contributed by atoms with E-state index in [4.69, 9.17) is 5.73 Å². The van der Waals surface area contributed by atoms with Crippen LogP contribution < -0.4 is 5.73 Å². The van der Waals surface area contributed by atoms with E-state index in [0.717, 1.165) is 0 Å². The van der Waals surface area contributed by atoms with Crippen LogP contribution >= 0.6 is 0 Å². The molecule has 1 heterocycles. The molecule has 86 valence electrons. The second kappa shape index (κ2) is 3.57. The Balaban J connectivity index is 1.71. The molecule has 1 saturated carbocycles. The molecular formula is C14H20N2. The van der Waals surface area contributed by atoms with Crippen LogP contribution in [0, 0.1) is 5.41 Å². The monoisotopic (exact) mass is 216 g/mol. The van der Waals surface area contributed by atoms with Crippen LogP contribution in [0.5, 0.6) is 0 Å². The number of hydrogen-bond donors (Lipinski definition) is 1. The van der Waals surface area contributed by atoms with Crippen molar-refractivity contribution in [1.29, 1.82) is 0 Å². The van der Waals surface area contributed by atoms with Crippen molar-refractivity contribution in [3.05, 3.63) is 35.9 Å². The molecule has 0 radical (unpaired) electrons. The van der Waals surface area contributed by atoms with Crippen molar-refractivity contribution in [3.63, 3.8) is 0 Å². The van der Waals surface area contributed by atoms with Gasteiger partial charge in [0, 0.05) is 24.0 Å². The Labute approximate surface area is 97.4 Å². The van der Waals surface area contributed by atoms with Gasteiger partial charge in [-0.2, -0.15) is 0 Å². The van der Waals surface area contributed by atoms with Gasteiger partial charge in [-0.25, -0.2) is 0 Å². The number of hydrogen-bond acceptors (Lipinski definition) is 2. The van der Waals surface area contributed by atoms with Crippen LogP contribution in [-0.4, -0.2) is 24.0 Å². The van der Waals surface area contributed by atoms with E-state index >= 15 is 0 Å². The highest BCUT2D eigenvalue weighted by molar-refractivity contribution is 5.20. The van der Waals surface area contributed by atoms with Crippen LogP contribution in [0.25, 0.3) is 0 Å². The van der Waals surface area contributed by atoms with Crippen molar-refractivity contribution in [3.8, 4) is 0 Å². The number of rotatable bonds is 2. The summed E-state index contributed by atoms with van der Waals surface area (Å²) in [4.78, 5) is 2.59. The summed E-state index contributed by atoms with van der Waals surface area (Å²) >= 11 is 0. The van der Waals surface area contributed by atoms with Crippen molar-refractivity contribution in [2.75, 3.05) is 13.1 Å². The number of nitrogens with two attached hydrogens (primary N) is 1. The van der Waals surface area contributed by atoms with Gasteiger partial charge in [0.05, 0.1) is 0 Å². The summed E-state index contributed by atoms with van der Waals surface area (Å²) in [5.41, 5.74) is 7.95. The maximum Gasteiger partial charge on any atom is 0.0320 e. The largest absolute Gasteiger partial charge is 0.327 e. The SMILES string of the molecule is CC(c1ccccc1)N1CCC2(CC2N)C1. The Bertz CT molecular complexity index is 376. The van der Waals surface area contributed by atoms with Gasteiger partial charge in [-0.15, -0.1) is 0 Å². The van der Waals surface area contributed by atoms with Gasteiger partial charge >= 0.3 is 0 Å². The van der Waals surface area contributed by atoms with Crippen LogP contribution in [0.15, 0.2) is 30.3 Å². The molecule has 1 aliphatic heterocycles. The lowest BCUT2D eigenvalue weighted by Crippen LogP contribution is -2.26. The van der Waals surface area contributed by atoms with E-state index in [1.54, 1.807) is 0 Å². The summed E-state index contributed by atoms with van der Waals surface area (Å²) in [5.74, 6) is 0. The zero-order chi connectivity index (χ0) is 11.2. The van der Waals surface area contributed by atoms with Crippen LogP contribution in [0.3, 0.4) is 0 Å². The molecule has 0 bridgehead atoms. The lowest BCUT2D eigenvalue weighted by molar-refractivity contribution is 0.248. The Morgan fingerprint density at radius 2 is 2.06 bits per heavy atom. The van der Waals surface area contributed by atoms with Gasteiger partial charge in [-0.1, -0.05) is 30.3 Å². The Kier molecular flexibility index (Phi) is 2.30. The highest BCUT2D eigenvalue weighted by Gasteiger charge is 2.55. The number of nitrogens with zero attached hydrogens (tertiary/aromatic N) is 1. The third-order valence-corrected chi connectivity index (χ3v) is 4.50. The molecular weight excluding hydrogens is 196 g/mol. The fourth-order valence-electron chi connectivity index (χ4n) is 3.05. The van der Waals surface area contributed by atoms with Crippen molar-refractivity contribution >= 4 is 0 Å². The fourth-order valence-corrected chi connectivity index (χ4v) is 3.05. The molecule has 2 nitrogen and oxygen atoms in total. The average molecular weight is 216 g/mol. The van der Waals surface area contributed by atoms with Gasteiger partial charge < -0.3 is 5.73 Å². The maximum atomic E-state index is 6.04. The quantitative estimate of drug-likeness (QED) is 0.821. The molecule has 2 aliphatic rings. The highest BCUT2D eigenvalue weighted by atomic mass is 15.2. The molecule has 3 rings (SSSR count). The fraction of sp³-hybridized carbons (Fsp3) is 0.571. The summed E-state index contributed by atoms with van der Waals surface area (Å²) in [7, 11) is 0. The van der Waals surface area contributed by atoms with E-state index in [-0.39, 0.29) is 0 Å². The first-order chi connectivity index (χ1) is 7.71. The van der Waals surface area contributed by atoms with Crippen molar-refractivity contribution in [2.45, 2.75) is 31.8 Å². The van der Waals surface area contributed by atoms with Crippen LogP contribution in [0.1, 0.15) is 31.4 Å². The minimum atomic E-state index is 0.473. The summed E-state index contributed by atoms with van der Waals surface area (Å²) in [5, 5.41) is 0. The molecule has 0 aromatic heterocycles. The maximum absolute atomic E-state index is 6.04. The smallest absolute Gasteiger partial charge is 0.0320 e. The summed E-state index contributed by atoms with van der Waals surface area (Å²) in [6.45, 7) is 4.72. The van der Waals surface area contributed by atoms with E-state index < -0.39 is 0 Å². The molecule has 1 spiro atoms. The standard InChI is InChI=1S/C14H20N2/c1-11(12-5-3-2-4-6-12)16-8-7-14(10-16)9-13(14)15/h2-6,11,13H,7-10,15H2,1H3. The predicted octanol–water partition coefficient (Wildman–Crippen LogP) is 2.17. The average Bonchev–Trinajstić information content (AvgIpc) is 2.76. The van der Waals surface area contributed by atoms with Gasteiger partial charge in [0.1, 0.15) is 0 Å². The minimum absolute atomic E-state index is 0.473. The minimum Gasteiger partial charge on any atom is -0.327 e. The number of likely N-dealkylation sites (tertiary alicyclic amines) is 1. The molecule has 1 aromatic carbocycles. The van der Waals surface area contributed by atoms with E-state index in [9.17, 15) is 0 Å². The third-order valence-electron chi connectivity index (χ3n) is 4.50. The first-order valence-corrected chi connectivity index (χ1v) is 6.26. The summed E-state index contributed by atoms with van der Waals surface area (Å²) in [6.07, 6.45) is 2.54. The molecule has 1 aliphatic carbocycles. The zero-order valence-electron chi connectivity index (χ0n) is 9.89. The third kappa shape index (κ3) is 1.57. The van der Waals surface area contributed by atoms with E-state index in [2.05, 4.69) is 42.2 Å². The van der Waals surface area contributed by atoms with Gasteiger partial charge in [-0.05, 0) is 31.9 Å². The van der Waals surface area contributed by atoms with Crippen molar-refractivity contribution in [1.82, 2.24) is 4.90 Å². The van der Waals surface area contributed by atoms with Crippen LogP contribution in [0.2, 0.25) is 0 Å². The molecule has 2 fully saturated rings. The molecule has 2 heteroatoms. The number of benzene rings is 1. The molecule has 3 unspecified atom stereocenters. The topological polar surface area (TPSA) is 29.3 Å². The predicted molar refractivity (Wildman–Crippen MR) is 66.1 cm³/mol. The highest BCUT2D eigenvalue weighted by Crippen LogP contribution is 2.52. The van der Waals surface area contributed by atoms with E-state index in [1.807, 2.05) is 0 Å². The van der Waals surface area contributed by atoms with Crippen molar-refractivity contribution < 1.29 is 0 Å². The molecule has 0 amide bonds. The van der Waals surface area contributed by atoms with Crippen LogP contribution in [-0.2, 0) is 0 Å². The zero-order valence-corrected chi connectivity index (χ0v) is 9.89. The lowest BCUT2D eigenvalue weighted by Gasteiger charge is -2.24. The Hall–Kier alpha value is -0.860. The molecule has 1 saturated heterocycles. The normalized spacial score (nSPS) is 35.5. The summed E-state index contributed by atoms with van der Waals surface area (Å²) < 4.78 is 0. The van der Waals surface area contributed by atoms with E-state index in [0.29, 0.717) is 17.5 Å². The van der Waals surface area contributed by atoms with Gasteiger partial charge in [0.25, 0.3) is 0 Å². The Morgan fingerprint density at radius 3 is 2.62 bits per heavy atom. The van der Waals surface area contributed by atoms with Gasteiger partial charge in [0.2, 0.25) is 0 Å². The molecule has 3 atom stereocenters. The van der Waals surface area contributed by atoms with Gasteiger partial charge in [0.15, 0.2) is 0 Å². The van der Waals surface area contributed by atoms with E-state index in [1.165, 1.54) is 31.5 Å². The first-order valence-electron chi connectivity index (χ1n) is 6.26.